The lowest BCUT2D eigenvalue weighted by Crippen LogP contribution is -2.35. The van der Waals surface area contributed by atoms with Gasteiger partial charge < -0.3 is 10.0 Å². The highest BCUT2D eigenvalue weighted by molar-refractivity contribution is 7.98. The Kier molecular flexibility index (Phi) is 4.40. The third-order valence-corrected chi connectivity index (χ3v) is 5.18. The molecular formula is C18H18N6O2S. The molecule has 3 aromatic heterocycles. The summed E-state index contributed by atoms with van der Waals surface area (Å²) in [6, 6.07) is 7.34. The molecule has 4 rings (SSSR count). The lowest BCUT2D eigenvalue weighted by molar-refractivity contribution is -0.143. The van der Waals surface area contributed by atoms with Gasteiger partial charge in [0.2, 0.25) is 0 Å². The van der Waals surface area contributed by atoms with Gasteiger partial charge in [0.15, 0.2) is 16.6 Å². The summed E-state index contributed by atoms with van der Waals surface area (Å²) in [6.07, 6.45) is 7.13. The Labute approximate surface area is 160 Å². The fourth-order valence-corrected chi connectivity index (χ4v) is 3.41. The quantitative estimate of drug-likeness (QED) is 0.539. The molecule has 1 aliphatic rings. The summed E-state index contributed by atoms with van der Waals surface area (Å²) >= 11 is 1.46. The van der Waals surface area contributed by atoms with E-state index < -0.39 is 5.60 Å². The number of hydrogen-bond acceptors (Lipinski definition) is 7. The molecular weight excluding hydrogens is 364 g/mol. The molecule has 138 valence electrons. The largest absolute Gasteiger partial charge is 0.375 e. The number of likely N-dealkylation sites (N-methyl/N-ethyl adjacent to an activating group) is 1. The van der Waals surface area contributed by atoms with E-state index >= 15 is 0 Å². The monoisotopic (exact) mass is 382 g/mol. The van der Waals surface area contributed by atoms with E-state index in [-0.39, 0.29) is 5.91 Å². The molecule has 0 spiro atoms. The van der Waals surface area contributed by atoms with Gasteiger partial charge in [-0.2, -0.15) is 5.10 Å². The number of carbonyl (C=O) groups excluding carboxylic acids is 1. The number of carbonyl (C=O) groups is 1. The van der Waals surface area contributed by atoms with Crippen molar-refractivity contribution in [2.24, 2.45) is 0 Å². The van der Waals surface area contributed by atoms with Crippen LogP contribution in [0.5, 0.6) is 0 Å². The van der Waals surface area contributed by atoms with E-state index in [9.17, 15) is 9.90 Å². The normalized spacial score (nSPS) is 19.7. The van der Waals surface area contributed by atoms with Crippen molar-refractivity contribution < 1.29 is 9.90 Å². The van der Waals surface area contributed by atoms with Crippen molar-refractivity contribution in [1.29, 1.82) is 0 Å². The third-order valence-electron chi connectivity index (χ3n) is 4.62. The van der Waals surface area contributed by atoms with Crippen LogP contribution in [0.2, 0.25) is 0 Å². The molecule has 1 aliphatic heterocycles. The van der Waals surface area contributed by atoms with Crippen LogP contribution in [0.15, 0.2) is 48.0 Å². The Balaban J connectivity index is 1.67. The molecule has 9 heteroatoms. The Morgan fingerprint density at radius 2 is 2.04 bits per heavy atom. The smallest absolute Gasteiger partial charge is 0.259 e. The zero-order valence-corrected chi connectivity index (χ0v) is 15.7. The summed E-state index contributed by atoms with van der Waals surface area (Å²) in [5.41, 5.74) is 0.355. The fourth-order valence-electron chi connectivity index (χ4n) is 3.06. The van der Waals surface area contributed by atoms with Gasteiger partial charge >= 0.3 is 0 Å². The van der Waals surface area contributed by atoms with Gasteiger partial charge in [0.1, 0.15) is 0 Å². The van der Waals surface area contributed by atoms with Crippen molar-refractivity contribution in [3.05, 3.63) is 48.4 Å². The number of aliphatic hydroxyl groups is 1. The molecule has 1 N–H and O–H groups in total. The molecule has 0 aliphatic carbocycles. The van der Waals surface area contributed by atoms with E-state index in [0.29, 0.717) is 35.2 Å². The van der Waals surface area contributed by atoms with Gasteiger partial charge in [-0.05, 0) is 24.5 Å². The van der Waals surface area contributed by atoms with E-state index in [0.717, 1.165) is 5.69 Å². The average Bonchev–Trinajstić information content (AvgIpc) is 3.31. The number of thioether (sulfide) groups is 1. The molecule has 1 fully saturated rings. The van der Waals surface area contributed by atoms with Gasteiger partial charge in [-0.15, -0.1) is 0 Å². The second-order valence-corrected chi connectivity index (χ2v) is 7.09. The molecule has 0 aromatic carbocycles. The number of aromatic nitrogens is 5. The lowest BCUT2D eigenvalue weighted by atomic mass is 9.95. The molecule has 3 aromatic rings. The van der Waals surface area contributed by atoms with E-state index in [1.54, 1.807) is 30.2 Å². The van der Waals surface area contributed by atoms with E-state index in [1.807, 2.05) is 24.5 Å². The fraction of sp³-hybridized carbons (Fsp3) is 0.278. The zero-order chi connectivity index (χ0) is 19.0. The number of hydrogen-bond donors (Lipinski definition) is 1. The van der Waals surface area contributed by atoms with Gasteiger partial charge in [-0.1, -0.05) is 17.8 Å². The van der Waals surface area contributed by atoms with E-state index in [4.69, 9.17) is 0 Å². The minimum absolute atomic E-state index is 0.311. The molecule has 0 unspecified atom stereocenters. The summed E-state index contributed by atoms with van der Waals surface area (Å²) in [7, 11) is 1.68. The summed E-state index contributed by atoms with van der Waals surface area (Å²) in [5, 5.41) is 15.7. The average molecular weight is 382 g/mol. The third kappa shape index (κ3) is 3.08. The molecule has 0 bridgehead atoms. The maximum Gasteiger partial charge on any atom is 0.259 e. The van der Waals surface area contributed by atoms with E-state index in [1.165, 1.54) is 22.9 Å². The Morgan fingerprint density at radius 3 is 2.78 bits per heavy atom. The number of nitrogens with zero attached hydrogens (tertiary/aromatic N) is 6. The first kappa shape index (κ1) is 17.6. The van der Waals surface area contributed by atoms with Crippen LogP contribution in [0.1, 0.15) is 12.0 Å². The second kappa shape index (κ2) is 6.75. The van der Waals surface area contributed by atoms with Crippen LogP contribution in [-0.2, 0) is 10.4 Å². The maximum absolute atomic E-state index is 12.3. The molecule has 0 saturated carbocycles. The van der Waals surface area contributed by atoms with Crippen LogP contribution in [0.4, 0.5) is 0 Å². The number of amides is 1. The van der Waals surface area contributed by atoms with Crippen LogP contribution < -0.4 is 0 Å². The molecule has 27 heavy (non-hydrogen) atoms. The van der Waals surface area contributed by atoms with E-state index in [2.05, 4.69) is 20.1 Å². The van der Waals surface area contributed by atoms with Crippen LogP contribution >= 0.6 is 11.8 Å². The summed E-state index contributed by atoms with van der Waals surface area (Å²) in [6.45, 7) is 0.514. The van der Waals surface area contributed by atoms with Crippen LogP contribution in [0.25, 0.3) is 17.2 Å². The first-order chi connectivity index (χ1) is 13.0. The molecule has 8 nitrogen and oxygen atoms in total. The van der Waals surface area contributed by atoms with Crippen molar-refractivity contribution in [3.63, 3.8) is 0 Å². The SMILES string of the molecule is CSc1nccc(-c2cccc(-n3cc([C@]4(O)CCN(C)C4=O)cn3)n2)n1. The topological polar surface area (TPSA) is 97.0 Å². The Bertz CT molecular complexity index is 1010. The van der Waals surface area contributed by atoms with Gasteiger partial charge in [-0.25, -0.2) is 19.6 Å². The van der Waals surface area contributed by atoms with Gasteiger partial charge in [0, 0.05) is 38.0 Å². The van der Waals surface area contributed by atoms with Crippen molar-refractivity contribution in [2.75, 3.05) is 19.8 Å². The number of rotatable bonds is 4. The lowest BCUT2D eigenvalue weighted by Gasteiger charge is -2.18. The molecule has 1 atom stereocenters. The number of pyridine rings is 1. The highest BCUT2D eigenvalue weighted by Crippen LogP contribution is 2.32. The molecule has 0 radical (unpaired) electrons. The summed E-state index contributed by atoms with van der Waals surface area (Å²) < 4.78 is 1.55. The first-order valence-electron chi connectivity index (χ1n) is 8.39. The van der Waals surface area contributed by atoms with Gasteiger partial charge in [-0.3, -0.25) is 4.79 Å². The predicted molar refractivity (Wildman–Crippen MR) is 100 cm³/mol. The molecule has 4 heterocycles. The van der Waals surface area contributed by atoms with Crippen LogP contribution in [-0.4, -0.2) is 60.5 Å². The highest BCUT2D eigenvalue weighted by atomic mass is 32.2. The first-order valence-corrected chi connectivity index (χ1v) is 9.62. The number of likely N-dealkylation sites (tertiary alicyclic amines) is 1. The Morgan fingerprint density at radius 1 is 1.22 bits per heavy atom. The van der Waals surface area contributed by atoms with Crippen molar-refractivity contribution in [1.82, 2.24) is 29.6 Å². The van der Waals surface area contributed by atoms with Gasteiger partial charge in [0.25, 0.3) is 5.91 Å². The predicted octanol–water partition coefficient (Wildman–Crippen LogP) is 1.50. The van der Waals surface area contributed by atoms with Crippen molar-refractivity contribution >= 4 is 17.7 Å². The van der Waals surface area contributed by atoms with Crippen LogP contribution in [0, 0.1) is 0 Å². The standard InChI is InChI=1S/C18H18N6O2S/c1-23-9-7-18(26,16(23)25)12-10-20-24(11-12)15-5-3-4-13(21-15)14-6-8-19-17(22-14)27-2/h3-6,8,10-11,26H,7,9H2,1-2H3/t18-/m1/s1. The minimum Gasteiger partial charge on any atom is -0.375 e. The van der Waals surface area contributed by atoms with Crippen molar-refractivity contribution in [3.8, 4) is 17.2 Å². The van der Waals surface area contributed by atoms with Crippen LogP contribution in [0.3, 0.4) is 0 Å². The minimum atomic E-state index is -1.52. The summed E-state index contributed by atoms with van der Waals surface area (Å²) in [4.78, 5) is 27.0. The highest BCUT2D eigenvalue weighted by Gasteiger charge is 2.46. The zero-order valence-electron chi connectivity index (χ0n) is 14.9. The molecule has 1 amide bonds. The Hall–Kier alpha value is -2.78. The van der Waals surface area contributed by atoms with Gasteiger partial charge in [0.05, 0.1) is 17.6 Å². The maximum atomic E-state index is 12.3. The van der Waals surface area contributed by atoms with Crippen molar-refractivity contribution in [2.45, 2.75) is 17.2 Å². The summed E-state index contributed by atoms with van der Waals surface area (Å²) in [5.74, 6) is 0.264. The second-order valence-electron chi connectivity index (χ2n) is 6.32. The molecule has 1 saturated heterocycles.